The first-order valence-corrected chi connectivity index (χ1v) is 12.6. The summed E-state index contributed by atoms with van der Waals surface area (Å²) in [5, 5.41) is 9.08. The van der Waals surface area contributed by atoms with Crippen molar-refractivity contribution in [1.29, 1.82) is 5.26 Å². The lowest BCUT2D eigenvalue weighted by atomic mass is 9.96. The molecule has 4 aromatic rings. The van der Waals surface area contributed by atoms with Crippen LogP contribution in [-0.2, 0) is 0 Å². The van der Waals surface area contributed by atoms with Gasteiger partial charge in [0.05, 0.1) is 18.2 Å². The maximum Gasteiger partial charge on any atom is 0.187 e. The number of hydrogen-bond acceptors (Lipinski definition) is 3. The standard InChI is InChI=1S/C29H22N2S2/c1-18-26(15-28(32-18)21-9-7-20(17-30)8-10-21)24-5-4-6-25(24)27-16-29(33-19(27)2)22-11-13-23(31-3)14-12-22/h7-16H,4-6H2,1-2H3. The first-order valence-electron chi connectivity index (χ1n) is 11.0. The highest BCUT2D eigenvalue weighted by atomic mass is 32.1. The smallest absolute Gasteiger partial charge is 0.187 e. The second-order valence-electron chi connectivity index (χ2n) is 8.32. The summed E-state index contributed by atoms with van der Waals surface area (Å²) in [5.41, 5.74) is 9.45. The minimum absolute atomic E-state index is 0.680. The summed E-state index contributed by atoms with van der Waals surface area (Å²) in [6.07, 6.45) is 3.42. The quantitative estimate of drug-likeness (QED) is 0.278. The summed E-state index contributed by atoms with van der Waals surface area (Å²) < 4.78 is 0. The molecule has 1 aliphatic carbocycles. The lowest BCUT2D eigenvalue weighted by Crippen LogP contribution is -1.86. The van der Waals surface area contributed by atoms with Gasteiger partial charge in [0.1, 0.15) is 0 Å². The number of benzene rings is 2. The molecular formula is C29H22N2S2. The van der Waals surface area contributed by atoms with E-state index in [9.17, 15) is 0 Å². The minimum atomic E-state index is 0.680. The molecule has 2 heterocycles. The van der Waals surface area contributed by atoms with Crippen molar-refractivity contribution in [2.75, 3.05) is 0 Å². The fraction of sp³-hybridized carbons (Fsp3) is 0.172. The molecule has 2 aromatic carbocycles. The Labute approximate surface area is 202 Å². The molecular weight excluding hydrogens is 440 g/mol. The summed E-state index contributed by atoms with van der Waals surface area (Å²) in [6.45, 7) is 11.6. The van der Waals surface area contributed by atoms with E-state index in [0.717, 1.165) is 12.8 Å². The monoisotopic (exact) mass is 462 g/mol. The summed E-state index contributed by atoms with van der Waals surface area (Å²) in [6, 6.07) is 22.7. The first-order chi connectivity index (χ1) is 16.1. The van der Waals surface area contributed by atoms with Gasteiger partial charge in [-0.05, 0) is 90.8 Å². The third-order valence-corrected chi connectivity index (χ3v) is 8.48. The Morgan fingerprint density at radius 1 is 0.788 bits per heavy atom. The maximum atomic E-state index is 9.08. The van der Waals surface area contributed by atoms with Crippen LogP contribution in [0.25, 0.3) is 36.9 Å². The SMILES string of the molecule is [C-]#[N+]c1ccc(-c2cc(C3=C(c4cc(-c5ccc(C#N)cc5)sc4C)CCC3)c(C)s2)cc1. The van der Waals surface area contributed by atoms with E-state index in [-0.39, 0.29) is 0 Å². The molecule has 0 aliphatic heterocycles. The molecule has 0 amide bonds. The van der Waals surface area contributed by atoms with Crippen LogP contribution in [0.3, 0.4) is 0 Å². The fourth-order valence-corrected chi connectivity index (χ4v) is 6.70. The van der Waals surface area contributed by atoms with Crippen LogP contribution in [0.2, 0.25) is 0 Å². The van der Waals surface area contributed by atoms with Gasteiger partial charge in [0, 0.05) is 19.5 Å². The van der Waals surface area contributed by atoms with Crippen molar-refractivity contribution < 1.29 is 0 Å². The Morgan fingerprint density at radius 2 is 1.27 bits per heavy atom. The Morgan fingerprint density at radius 3 is 1.73 bits per heavy atom. The third-order valence-electron chi connectivity index (χ3n) is 6.28. The van der Waals surface area contributed by atoms with Crippen molar-refractivity contribution >= 4 is 39.5 Å². The molecule has 5 rings (SSSR count). The van der Waals surface area contributed by atoms with Crippen LogP contribution >= 0.6 is 22.7 Å². The number of hydrogen-bond donors (Lipinski definition) is 0. The van der Waals surface area contributed by atoms with Crippen LogP contribution in [0.15, 0.2) is 60.7 Å². The summed E-state index contributed by atoms with van der Waals surface area (Å²) in [5.74, 6) is 0. The molecule has 0 unspecified atom stereocenters. The van der Waals surface area contributed by atoms with Crippen LogP contribution in [-0.4, -0.2) is 0 Å². The molecule has 160 valence electrons. The van der Waals surface area contributed by atoms with Gasteiger partial charge in [0.25, 0.3) is 0 Å². The van der Waals surface area contributed by atoms with E-state index in [2.05, 4.69) is 49.0 Å². The average Bonchev–Trinajstić information content (AvgIpc) is 3.57. The lowest BCUT2D eigenvalue weighted by Gasteiger charge is -2.07. The zero-order valence-corrected chi connectivity index (χ0v) is 20.2. The van der Waals surface area contributed by atoms with Gasteiger partial charge in [0.15, 0.2) is 5.69 Å². The van der Waals surface area contributed by atoms with Crippen LogP contribution in [0, 0.1) is 31.8 Å². The molecule has 0 bridgehead atoms. The average molecular weight is 463 g/mol. The summed E-state index contributed by atoms with van der Waals surface area (Å²) in [4.78, 5) is 8.74. The zero-order chi connectivity index (χ0) is 22.9. The first kappa shape index (κ1) is 21.4. The molecule has 33 heavy (non-hydrogen) atoms. The number of thiophene rings is 2. The van der Waals surface area contributed by atoms with E-state index in [0.29, 0.717) is 11.3 Å². The Kier molecular flexibility index (Phi) is 5.73. The van der Waals surface area contributed by atoms with Crippen LogP contribution < -0.4 is 0 Å². The van der Waals surface area contributed by atoms with E-state index >= 15 is 0 Å². The van der Waals surface area contributed by atoms with Crippen molar-refractivity contribution in [3.63, 3.8) is 0 Å². The number of nitrogens with zero attached hydrogens (tertiary/aromatic N) is 2. The van der Waals surface area contributed by atoms with E-state index < -0.39 is 0 Å². The van der Waals surface area contributed by atoms with Crippen molar-refractivity contribution in [3.8, 4) is 27.0 Å². The molecule has 4 heteroatoms. The number of aryl methyl sites for hydroxylation is 2. The predicted molar refractivity (Wildman–Crippen MR) is 141 cm³/mol. The van der Waals surface area contributed by atoms with Crippen LogP contribution in [0.1, 0.15) is 45.7 Å². The van der Waals surface area contributed by atoms with Gasteiger partial charge in [-0.15, -0.1) is 22.7 Å². The van der Waals surface area contributed by atoms with Gasteiger partial charge < -0.3 is 0 Å². The second kappa shape index (κ2) is 8.83. The molecule has 0 radical (unpaired) electrons. The number of nitriles is 1. The maximum absolute atomic E-state index is 9.08. The van der Waals surface area contributed by atoms with E-state index in [1.165, 1.54) is 59.3 Å². The third kappa shape index (κ3) is 4.05. The molecule has 0 fully saturated rings. The molecule has 1 aliphatic rings. The molecule has 2 aromatic heterocycles. The van der Waals surface area contributed by atoms with Crippen LogP contribution in [0.5, 0.6) is 0 Å². The number of allylic oxidation sites excluding steroid dienone is 2. The highest BCUT2D eigenvalue weighted by Crippen LogP contribution is 2.47. The Hall–Kier alpha value is -3.44. The largest absolute Gasteiger partial charge is 0.238 e. The molecule has 0 saturated heterocycles. The van der Waals surface area contributed by atoms with Gasteiger partial charge in [0.2, 0.25) is 0 Å². The summed E-state index contributed by atoms with van der Waals surface area (Å²) in [7, 11) is 0. The fourth-order valence-electron chi connectivity index (χ4n) is 4.60. The molecule has 2 nitrogen and oxygen atoms in total. The predicted octanol–water partition coefficient (Wildman–Crippen LogP) is 9.28. The van der Waals surface area contributed by atoms with Crippen molar-refractivity contribution in [1.82, 2.24) is 0 Å². The van der Waals surface area contributed by atoms with Crippen molar-refractivity contribution in [2.45, 2.75) is 33.1 Å². The Bertz CT molecular complexity index is 1340. The van der Waals surface area contributed by atoms with Crippen LogP contribution in [0.4, 0.5) is 5.69 Å². The molecule has 0 atom stereocenters. The van der Waals surface area contributed by atoms with E-state index in [1.807, 2.05) is 59.1 Å². The van der Waals surface area contributed by atoms with Gasteiger partial charge >= 0.3 is 0 Å². The lowest BCUT2D eigenvalue weighted by molar-refractivity contribution is 0.941. The minimum Gasteiger partial charge on any atom is -0.238 e. The van der Waals surface area contributed by atoms with Gasteiger partial charge in [-0.25, -0.2) is 4.85 Å². The molecule has 0 spiro atoms. The van der Waals surface area contributed by atoms with E-state index in [4.69, 9.17) is 11.8 Å². The normalized spacial score (nSPS) is 13.2. The molecule has 0 N–H and O–H groups in total. The highest BCUT2D eigenvalue weighted by Gasteiger charge is 2.23. The molecule has 0 saturated carbocycles. The zero-order valence-electron chi connectivity index (χ0n) is 18.6. The topological polar surface area (TPSA) is 28.1 Å². The second-order valence-corrected chi connectivity index (χ2v) is 10.8. The van der Waals surface area contributed by atoms with Gasteiger partial charge in [-0.2, -0.15) is 5.26 Å². The summed E-state index contributed by atoms with van der Waals surface area (Å²) >= 11 is 3.68. The van der Waals surface area contributed by atoms with Gasteiger partial charge in [-0.1, -0.05) is 36.4 Å². The van der Waals surface area contributed by atoms with E-state index in [1.54, 1.807) is 0 Å². The van der Waals surface area contributed by atoms with Crippen molar-refractivity contribution in [3.05, 3.63) is 98.5 Å². The highest BCUT2D eigenvalue weighted by molar-refractivity contribution is 7.16. The Balaban J connectivity index is 1.53. The van der Waals surface area contributed by atoms with Crippen molar-refractivity contribution in [2.24, 2.45) is 0 Å². The van der Waals surface area contributed by atoms with Gasteiger partial charge in [-0.3, -0.25) is 0 Å². The number of rotatable bonds is 4.